The highest BCUT2D eigenvalue weighted by molar-refractivity contribution is 7.89. The zero-order valence-corrected chi connectivity index (χ0v) is 22.8. The summed E-state index contributed by atoms with van der Waals surface area (Å²) in [7, 11) is -0.539. The van der Waals surface area contributed by atoms with Crippen molar-refractivity contribution in [2.45, 2.75) is 23.2 Å². The second kappa shape index (κ2) is 9.83. The van der Waals surface area contributed by atoms with E-state index in [0.29, 0.717) is 30.8 Å². The van der Waals surface area contributed by atoms with E-state index < -0.39 is 15.4 Å². The average molecular weight is 564 g/mol. The molecule has 0 radical (unpaired) electrons. The Labute approximate surface area is 230 Å². The number of rotatable bonds is 7. The minimum atomic E-state index is -3.79. The number of hydrogen-bond donors (Lipinski definition) is 0. The minimum absolute atomic E-state index is 0.135. The molecule has 1 unspecified atom stereocenters. The van der Waals surface area contributed by atoms with E-state index in [-0.39, 0.29) is 23.1 Å². The Bertz CT molecular complexity index is 1800. The van der Waals surface area contributed by atoms with Gasteiger partial charge < -0.3 is 4.74 Å². The van der Waals surface area contributed by atoms with Crippen molar-refractivity contribution in [2.75, 3.05) is 20.2 Å². The standard InChI is InChI=1S/C29H27F2N5O3S/c1-34-18-25(17-32-34)40(37,38)35-12-11-29(19-35,15-20-3-5-22(30)6-4-20)26-13-21-16-33-36(27(21)14-28(26)39-2)24-9-7-23(31)8-10-24/h3-10,13-14,16-18H,11-12,15,19H2,1-2H3. The molecule has 40 heavy (non-hydrogen) atoms. The van der Waals surface area contributed by atoms with Gasteiger partial charge in [-0.05, 0) is 60.9 Å². The number of ether oxygens (including phenoxy) is 1. The van der Waals surface area contributed by atoms with Crippen molar-refractivity contribution in [1.82, 2.24) is 23.9 Å². The predicted molar refractivity (Wildman–Crippen MR) is 146 cm³/mol. The van der Waals surface area contributed by atoms with Crippen molar-refractivity contribution in [1.29, 1.82) is 0 Å². The first-order chi connectivity index (χ1) is 19.2. The van der Waals surface area contributed by atoms with Crippen LogP contribution in [-0.4, -0.2) is 52.5 Å². The number of benzene rings is 3. The Balaban J connectivity index is 1.46. The van der Waals surface area contributed by atoms with Gasteiger partial charge in [-0.15, -0.1) is 0 Å². The zero-order chi connectivity index (χ0) is 28.1. The Kier molecular flexibility index (Phi) is 6.42. The van der Waals surface area contributed by atoms with E-state index in [0.717, 1.165) is 22.0 Å². The fourth-order valence-electron chi connectivity index (χ4n) is 5.60. The summed E-state index contributed by atoms with van der Waals surface area (Å²) in [6.07, 6.45) is 5.57. The van der Waals surface area contributed by atoms with Crippen LogP contribution in [0.3, 0.4) is 0 Å². The van der Waals surface area contributed by atoms with Crippen molar-refractivity contribution in [3.8, 4) is 11.4 Å². The summed E-state index contributed by atoms with van der Waals surface area (Å²) in [5.74, 6) is -0.0915. The van der Waals surface area contributed by atoms with Gasteiger partial charge in [0.25, 0.3) is 0 Å². The third kappa shape index (κ3) is 4.54. The number of hydrogen-bond acceptors (Lipinski definition) is 5. The fraction of sp³-hybridized carbons (Fsp3) is 0.241. The highest BCUT2D eigenvalue weighted by atomic mass is 32.2. The van der Waals surface area contributed by atoms with Crippen molar-refractivity contribution in [3.63, 3.8) is 0 Å². The number of aryl methyl sites for hydroxylation is 1. The molecule has 0 amide bonds. The van der Waals surface area contributed by atoms with Crippen molar-refractivity contribution < 1.29 is 21.9 Å². The fourth-order valence-corrected chi connectivity index (χ4v) is 7.11. The molecule has 0 N–H and O–H groups in total. The molecule has 3 aromatic carbocycles. The number of sulfonamides is 1. The van der Waals surface area contributed by atoms with Gasteiger partial charge in [0.2, 0.25) is 10.0 Å². The maximum atomic E-state index is 13.7. The highest BCUT2D eigenvalue weighted by Crippen LogP contribution is 2.45. The summed E-state index contributed by atoms with van der Waals surface area (Å²) >= 11 is 0. The summed E-state index contributed by atoms with van der Waals surface area (Å²) in [5, 5.41) is 9.40. The summed E-state index contributed by atoms with van der Waals surface area (Å²) in [5.41, 5.74) is 2.52. The number of nitrogens with zero attached hydrogens (tertiary/aromatic N) is 5. The Morgan fingerprint density at radius 3 is 2.33 bits per heavy atom. The van der Waals surface area contributed by atoms with E-state index in [1.165, 1.54) is 45.6 Å². The lowest BCUT2D eigenvalue weighted by Crippen LogP contribution is -2.36. The molecule has 0 spiro atoms. The van der Waals surface area contributed by atoms with E-state index >= 15 is 0 Å². The lowest BCUT2D eigenvalue weighted by molar-refractivity contribution is 0.371. The molecular formula is C29H27F2N5O3S. The van der Waals surface area contributed by atoms with Gasteiger partial charge in [-0.2, -0.15) is 14.5 Å². The second-order valence-corrected chi connectivity index (χ2v) is 12.1. The van der Waals surface area contributed by atoms with Crippen LogP contribution in [-0.2, 0) is 28.9 Å². The molecular weight excluding hydrogens is 536 g/mol. The molecule has 6 rings (SSSR count). The molecule has 0 bridgehead atoms. The number of aromatic nitrogens is 4. The van der Waals surface area contributed by atoms with Crippen LogP contribution in [0.15, 0.2) is 84.1 Å². The van der Waals surface area contributed by atoms with Crippen molar-refractivity contribution in [3.05, 3.63) is 102 Å². The summed E-state index contributed by atoms with van der Waals surface area (Å²) in [6, 6.07) is 16.2. The molecule has 1 aliphatic heterocycles. The van der Waals surface area contributed by atoms with Crippen LogP contribution in [0.2, 0.25) is 0 Å². The minimum Gasteiger partial charge on any atom is -0.496 e. The zero-order valence-electron chi connectivity index (χ0n) is 22.0. The van der Waals surface area contributed by atoms with Crippen molar-refractivity contribution >= 4 is 20.9 Å². The monoisotopic (exact) mass is 563 g/mol. The van der Waals surface area contributed by atoms with E-state index in [2.05, 4.69) is 10.2 Å². The molecule has 0 saturated carbocycles. The van der Waals surface area contributed by atoms with Gasteiger partial charge >= 0.3 is 0 Å². The molecule has 206 valence electrons. The SMILES string of the molecule is COc1cc2c(cnn2-c2ccc(F)cc2)cc1C1(Cc2ccc(F)cc2)CCN(S(=O)(=O)c2cnn(C)c2)C1. The first-order valence-corrected chi connectivity index (χ1v) is 14.2. The lowest BCUT2D eigenvalue weighted by Gasteiger charge is -2.32. The molecule has 0 aliphatic carbocycles. The number of fused-ring (bicyclic) bond motifs is 1. The molecule has 1 saturated heterocycles. The molecule has 11 heteroatoms. The van der Waals surface area contributed by atoms with E-state index in [4.69, 9.17) is 4.74 Å². The number of methoxy groups -OCH3 is 1. The third-order valence-electron chi connectivity index (χ3n) is 7.63. The number of halogens is 2. The topological polar surface area (TPSA) is 82.2 Å². The predicted octanol–water partition coefficient (Wildman–Crippen LogP) is 4.62. The van der Waals surface area contributed by atoms with Gasteiger partial charge in [-0.1, -0.05) is 12.1 Å². The highest BCUT2D eigenvalue weighted by Gasteiger charge is 2.46. The summed E-state index contributed by atoms with van der Waals surface area (Å²) in [6.45, 7) is 0.504. The van der Waals surface area contributed by atoms with Gasteiger partial charge in [0.05, 0.1) is 30.7 Å². The van der Waals surface area contributed by atoms with E-state index in [1.807, 2.05) is 12.1 Å². The lowest BCUT2D eigenvalue weighted by atomic mass is 9.74. The van der Waals surface area contributed by atoms with Gasteiger partial charge in [-0.25, -0.2) is 21.9 Å². The molecule has 8 nitrogen and oxygen atoms in total. The van der Waals surface area contributed by atoms with Crippen LogP contribution in [0.25, 0.3) is 16.6 Å². The Morgan fingerprint density at radius 2 is 1.68 bits per heavy atom. The van der Waals surface area contributed by atoms with Crippen LogP contribution < -0.4 is 4.74 Å². The largest absolute Gasteiger partial charge is 0.496 e. The molecule has 3 heterocycles. The van der Waals surface area contributed by atoms with Crippen LogP contribution >= 0.6 is 0 Å². The quantitative estimate of drug-likeness (QED) is 0.289. The van der Waals surface area contributed by atoms with Gasteiger partial charge in [0.15, 0.2) is 0 Å². The smallest absolute Gasteiger partial charge is 0.246 e. The molecule has 1 aliphatic rings. The molecule has 2 aromatic heterocycles. The summed E-state index contributed by atoms with van der Waals surface area (Å²) < 4.78 is 65.0. The van der Waals surface area contributed by atoms with Crippen molar-refractivity contribution in [2.24, 2.45) is 7.05 Å². The maximum absolute atomic E-state index is 13.7. The molecule has 1 atom stereocenters. The normalized spacial score (nSPS) is 18.0. The second-order valence-electron chi connectivity index (χ2n) is 10.2. The van der Waals surface area contributed by atoms with Gasteiger partial charge in [0, 0.05) is 48.8 Å². The Morgan fingerprint density at radius 1 is 0.975 bits per heavy atom. The van der Waals surface area contributed by atoms with E-state index in [9.17, 15) is 17.2 Å². The van der Waals surface area contributed by atoms with Crippen LogP contribution in [0.1, 0.15) is 17.5 Å². The Hall–Kier alpha value is -4.09. The first-order valence-electron chi connectivity index (χ1n) is 12.7. The van der Waals surface area contributed by atoms with Crippen LogP contribution in [0.4, 0.5) is 8.78 Å². The average Bonchev–Trinajstić information content (AvgIpc) is 3.69. The maximum Gasteiger partial charge on any atom is 0.246 e. The molecule has 5 aromatic rings. The van der Waals surface area contributed by atoms with Gasteiger partial charge in [-0.3, -0.25) is 4.68 Å². The van der Waals surface area contributed by atoms with Crippen LogP contribution in [0.5, 0.6) is 5.75 Å². The van der Waals surface area contributed by atoms with Gasteiger partial charge in [0.1, 0.15) is 22.3 Å². The first kappa shape index (κ1) is 26.1. The van der Waals surface area contributed by atoms with Crippen LogP contribution in [0, 0.1) is 11.6 Å². The summed E-state index contributed by atoms with van der Waals surface area (Å²) in [4.78, 5) is 0.135. The molecule has 1 fully saturated rings. The van der Waals surface area contributed by atoms with E-state index in [1.54, 1.807) is 49.3 Å². The third-order valence-corrected chi connectivity index (χ3v) is 9.42.